The maximum Gasteiger partial charge on any atom is 0.0634 e. The summed E-state index contributed by atoms with van der Waals surface area (Å²) in [6.45, 7) is 9.39. The van der Waals surface area contributed by atoms with E-state index in [1.807, 2.05) is 22.7 Å². The smallest absolute Gasteiger partial charge is 0.0634 e. The summed E-state index contributed by atoms with van der Waals surface area (Å²) in [7, 11) is 0. The summed E-state index contributed by atoms with van der Waals surface area (Å²) >= 11 is 7.45. The van der Waals surface area contributed by atoms with E-state index in [-0.39, 0.29) is 10.8 Å². The lowest BCUT2D eigenvalue weighted by Gasteiger charge is -2.28. The molecule has 2 aliphatic rings. The maximum atomic E-state index is 3.69. The van der Waals surface area contributed by atoms with Crippen molar-refractivity contribution in [3.8, 4) is 55.9 Å². The highest BCUT2D eigenvalue weighted by Crippen LogP contribution is 2.53. The van der Waals surface area contributed by atoms with Crippen LogP contribution in [0.25, 0.3) is 140 Å². The molecule has 22 rings (SSSR count). The minimum Gasteiger partial charge on any atom is -0.310 e. The Morgan fingerprint density at radius 3 is 1.23 bits per heavy atom. The molecule has 0 spiro atoms. The molecule has 6 heteroatoms. The van der Waals surface area contributed by atoms with Crippen LogP contribution in [0.5, 0.6) is 0 Å². The zero-order valence-electron chi connectivity index (χ0n) is 60.9. The van der Waals surface area contributed by atoms with Gasteiger partial charge in [0.25, 0.3) is 0 Å². The zero-order chi connectivity index (χ0) is 73.1. The van der Waals surface area contributed by atoms with Gasteiger partial charge in [-0.15, -0.1) is 22.7 Å². The van der Waals surface area contributed by atoms with Crippen LogP contribution in [0, 0.1) is 0 Å². The van der Waals surface area contributed by atoms with Crippen LogP contribution >= 0.6 is 38.6 Å². The number of anilines is 3. The third kappa shape index (κ3) is 11.3. The molecule has 4 aromatic heterocycles. The molecule has 20 aromatic rings. The van der Waals surface area contributed by atoms with E-state index in [0.29, 0.717) is 0 Å². The number of hydrogen-bond acceptors (Lipinski definition) is 3. The molecule has 0 N–H and O–H groups in total. The Morgan fingerprint density at radius 1 is 0.284 bits per heavy atom. The number of thiophene rings is 2. The third-order valence-corrected chi connectivity index (χ3v) is 25.7. The van der Waals surface area contributed by atoms with Gasteiger partial charge in [-0.3, -0.25) is 0 Å². The lowest BCUT2D eigenvalue weighted by atomic mass is 9.81. The van der Waals surface area contributed by atoms with E-state index in [2.05, 4.69) is 422 Å². The summed E-state index contributed by atoms with van der Waals surface area (Å²) in [4.78, 5) is 2.43. The van der Waals surface area contributed by atoms with Crippen molar-refractivity contribution in [3.63, 3.8) is 0 Å². The van der Waals surface area contributed by atoms with Crippen molar-refractivity contribution in [2.75, 3.05) is 4.90 Å². The molecule has 2 aliphatic carbocycles. The Labute approximate surface area is 651 Å². The van der Waals surface area contributed by atoms with Crippen LogP contribution in [0.2, 0.25) is 0 Å². The second-order valence-electron chi connectivity index (χ2n) is 30.0. The Morgan fingerprint density at radius 2 is 0.697 bits per heavy atom. The van der Waals surface area contributed by atoms with Crippen molar-refractivity contribution in [1.82, 2.24) is 9.13 Å². The van der Waals surface area contributed by atoms with E-state index >= 15 is 0 Å². The van der Waals surface area contributed by atoms with E-state index in [1.165, 1.54) is 168 Å². The zero-order valence-corrected chi connectivity index (χ0v) is 64.1. The van der Waals surface area contributed by atoms with Crippen LogP contribution in [0.4, 0.5) is 17.1 Å². The highest BCUT2D eigenvalue weighted by molar-refractivity contribution is 9.10. The van der Waals surface area contributed by atoms with Crippen molar-refractivity contribution in [2.45, 2.75) is 44.9 Å². The summed E-state index contributed by atoms with van der Waals surface area (Å²) in [5, 5.41) is 10.3. The molecule has 0 saturated carbocycles. The van der Waals surface area contributed by atoms with Crippen molar-refractivity contribution < 1.29 is 0 Å². The third-order valence-electron chi connectivity index (χ3n) is 22.9. The Balaban J connectivity index is 0.000000120. The number of nitrogens with zero attached hydrogens (tertiary/aromatic N) is 3. The predicted octanol–water partition coefficient (Wildman–Crippen LogP) is 29.8. The van der Waals surface area contributed by atoms with Crippen LogP contribution < -0.4 is 4.90 Å². The SMILES string of the molecule is Brc1ccc2c(c1)c1ccc3sc4ccc(-c5ccccc5)cc4c3c1n2-c1ccccc1.CC1(C)c2ccccc2-c2ccc(Cc3ccccc3)cc21.CC1(C)c2ccccc2-c2ccc(N(c3ccccc3)c3ccc4c(c3)c3ccc5sc6ccc(-c7ccccc7)cc6c5c3n4-c3ccccc3)cc21. The molecule has 3 nitrogen and oxygen atoms in total. The Hall–Kier alpha value is -12.2. The van der Waals surface area contributed by atoms with Crippen molar-refractivity contribution in [1.29, 1.82) is 0 Å². The molecule has 520 valence electrons. The summed E-state index contributed by atoms with van der Waals surface area (Å²) in [6, 6.07) is 133. The first kappa shape index (κ1) is 66.3. The highest BCUT2D eigenvalue weighted by atomic mass is 79.9. The molecule has 4 heterocycles. The number of para-hydroxylation sites is 3. The molecule has 16 aromatic carbocycles. The van der Waals surface area contributed by atoms with Gasteiger partial charge in [-0.05, 0) is 206 Å². The molecular weight excluding hydrogens is 1420 g/mol. The van der Waals surface area contributed by atoms with Gasteiger partial charge in [0.1, 0.15) is 0 Å². The van der Waals surface area contributed by atoms with Crippen LogP contribution in [-0.2, 0) is 17.3 Å². The summed E-state index contributed by atoms with van der Waals surface area (Å²) in [5.41, 5.74) is 29.6. The molecule has 0 bridgehead atoms. The van der Waals surface area contributed by atoms with Gasteiger partial charge in [0.2, 0.25) is 0 Å². The number of halogens is 1. The normalized spacial score (nSPS) is 13.0. The second-order valence-corrected chi connectivity index (χ2v) is 33.1. The fourth-order valence-corrected chi connectivity index (χ4v) is 20.2. The van der Waals surface area contributed by atoms with Crippen LogP contribution in [0.15, 0.2) is 368 Å². The van der Waals surface area contributed by atoms with E-state index in [9.17, 15) is 0 Å². The molecule has 0 atom stereocenters. The van der Waals surface area contributed by atoms with Gasteiger partial charge in [0, 0.05) is 106 Å². The molecule has 109 heavy (non-hydrogen) atoms. The number of hydrogen-bond donors (Lipinski definition) is 0. The quantitative estimate of drug-likeness (QED) is 0.140. The summed E-state index contributed by atoms with van der Waals surface area (Å²) < 4.78 is 11.3. The first-order valence-corrected chi connectivity index (χ1v) is 40.0. The van der Waals surface area contributed by atoms with E-state index in [1.54, 1.807) is 0 Å². The molecule has 0 unspecified atom stereocenters. The largest absolute Gasteiger partial charge is 0.310 e. The lowest BCUT2D eigenvalue weighted by molar-refractivity contribution is 0.659. The summed E-state index contributed by atoms with van der Waals surface area (Å²) in [6.07, 6.45) is 1.00. The van der Waals surface area contributed by atoms with Gasteiger partial charge in [0.05, 0.1) is 22.1 Å². The van der Waals surface area contributed by atoms with Gasteiger partial charge in [-0.2, -0.15) is 0 Å². The van der Waals surface area contributed by atoms with Crippen molar-refractivity contribution in [2.24, 2.45) is 0 Å². The fraction of sp³-hybridized carbons (Fsp3) is 0.0680. The molecule has 0 amide bonds. The minimum atomic E-state index is -0.0909. The molecule has 0 aliphatic heterocycles. The lowest BCUT2D eigenvalue weighted by Crippen LogP contribution is -2.16. The maximum absolute atomic E-state index is 3.69. The van der Waals surface area contributed by atoms with E-state index in [4.69, 9.17) is 0 Å². The Kier molecular flexibility index (Phi) is 16.2. The van der Waals surface area contributed by atoms with Gasteiger partial charge >= 0.3 is 0 Å². The minimum absolute atomic E-state index is 0.0909. The molecular formula is C103H74BrN3S2. The summed E-state index contributed by atoms with van der Waals surface area (Å²) in [5.74, 6) is 0. The predicted molar refractivity (Wildman–Crippen MR) is 471 cm³/mol. The number of aromatic nitrogens is 2. The molecule has 0 saturated heterocycles. The van der Waals surface area contributed by atoms with E-state index in [0.717, 1.165) is 33.6 Å². The first-order valence-electron chi connectivity index (χ1n) is 37.6. The van der Waals surface area contributed by atoms with Gasteiger partial charge in [-0.25, -0.2) is 0 Å². The second kappa shape index (κ2) is 26.7. The fourth-order valence-electron chi connectivity index (χ4n) is 17.7. The topological polar surface area (TPSA) is 13.1 Å². The van der Waals surface area contributed by atoms with E-state index < -0.39 is 0 Å². The van der Waals surface area contributed by atoms with Gasteiger partial charge < -0.3 is 14.0 Å². The average molecular weight is 1500 g/mol. The van der Waals surface area contributed by atoms with Crippen molar-refractivity contribution in [3.05, 3.63) is 402 Å². The van der Waals surface area contributed by atoms with Crippen LogP contribution in [0.1, 0.15) is 61.1 Å². The molecule has 0 radical (unpaired) electrons. The van der Waals surface area contributed by atoms with Gasteiger partial charge in [-0.1, -0.05) is 286 Å². The monoisotopic (exact) mass is 1500 g/mol. The average Bonchev–Trinajstić information content (AvgIpc) is 1.57. The number of rotatable bonds is 9. The van der Waals surface area contributed by atoms with Crippen LogP contribution in [-0.4, -0.2) is 9.13 Å². The highest BCUT2D eigenvalue weighted by Gasteiger charge is 2.37. The van der Waals surface area contributed by atoms with Crippen LogP contribution in [0.3, 0.4) is 0 Å². The number of benzene rings is 16. The Bertz CT molecular complexity index is 6930. The van der Waals surface area contributed by atoms with Gasteiger partial charge in [0.15, 0.2) is 0 Å². The first-order chi connectivity index (χ1) is 53.5. The number of fused-ring (bicyclic) bond motifs is 20. The van der Waals surface area contributed by atoms with Crippen molar-refractivity contribution >= 4 is 140 Å². The molecule has 0 fully saturated rings. The standard InChI is InChI=1S/C51H36N2S.C30H18BrNS.C22H20/c1-51(2)44-21-13-12-20-39(44)40-25-23-38(32-45(40)51)52(35-16-8-4-9-17-35)37-24-27-46-42(31-37)41-26-29-48-49(50(41)53(46)36-18-10-5-11-19-36)43-30-34(22-28-47(43)54-48)33-14-6-3-7-15-33;31-21-12-14-26-24(18-21)23-13-16-28-29(30(23)32(26)22-9-5-2-6-10-22)25-17-20(11-15-27(25)33-28)19-7-3-1-4-8-19;1-22(2)20-11-7-6-10-18(20)19-13-12-17(15-21(19)22)14-16-8-4-3-5-9-16/h3-32H,1-2H3;1-18H;3-13,15H,14H2,1-2H3.